The molecule has 5 nitrogen and oxygen atoms in total. The zero-order chi connectivity index (χ0) is 21.9. The predicted octanol–water partition coefficient (Wildman–Crippen LogP) is 6.06. The molecule has 1 aliphatic carbocycles. The standard InChI is InChI=1S/C26H30N2O3S/c1-30-19-10-7-9-18(17-19)24(28-14-5-2-6-15-28)23-20-11-3-4-13-22(20)32-26(23)27-25(29)21-12-8-16-31-21/h7-10,12,16-17,24H,2-6,11,13-15H2,1H3,(H,27,29)/t24-/m1/s1. The quantitative estimate of drug-likeness (QED) is 0.496. The highest BCUT2D eigenvalue weighted by Gasteiger charge is 2.33. The number of carbonyl (C=O) groups excluding carboxylic acids is 1. The maximum absolute atomic E-state index is 12.9. The first-order chi connectivity index (χ1) is 15.7. The van der Waals surface area contributed by atoms with E-state index in [9.17, 15) is 4.79 Å². The molecule has 0 spiro atoms. The number of anilines is 1. The number of hydrogen-bond acceptors (Lipinski definition) is 5. The van der Waals surface area contributed by atoms with Crippen molar-refractivity contribution < 1.29 is 13.9 Å². The van der Waals surface area contributed by atoms with E-state index in [1.54, 1.807) is 36.8 Å². The minimum Gasteiger partial charge on any atom is -0.497 e. The lowest BCUT2D eigenvalue weighted by atomic mass is 9.88. The maximum Gasteiger partial charge on any atom is 0.291 e. The number of thiophene rings is 1. The van der Waals surface area contributed by atoms with Crippen LogP contribution in [0.3, 0.4) is 0 Å². The van der Waals surface area contributed by atoms with E-state index in [2.05, 4.69) is 28.4 Å². The second kappa shape index (κ2) is 9.51. The van der Waals surface area contributed by atoms with Gasteiger partial charge in [0.05, 0.1) is 19.4 Å². The Balaban J connectivity index is 1.62. The molecule has 1 atom stereocenters. The molecule has 1 amide bonds. The highest BCUT2D eigenvalue weighted by Crippen LogP contribution is 2.46. The lowest BCUT2D eigenvalue weighted by Crippen LogP contribution is -2.35. The number of rotatable bonds is 6. The Morgan fingerprint density at radius 3 is 2.72 bits per heavy atom. The van der Waals surface area contributed by atoms with Gasteiger partial charge in [-0.3, -0.25) is 9.69 Å². The first-order valence-corrected chi connectivity index (χ1v) is 12.4. The van der Waals surface area contributed by atoms with Crippen molar-refractivity contribution >= 4 is 22.2 Å². The summed E-state index contributed by atoms with van der Waals surface area (Å²) in [5.74, 6) is 1.03. The van der Waals surface area contributed by atoms with Crippen LogP contribution in [0, 0.1) is 0 Å². The number of amides is 1. The summed E-state index contributed by atoms with van der Waals surface area (Å²) in [5.41, 5.74) is 3.94. The van der Waals surface area contributed by atoms with E-state index in [4.69, 9.17) is 9.15 Å². The van der Waals surface area contributed by atoms with Crippen LogP contribution in [0.25, 0.3) is 0 Å². The molecule has 0 bridgehead atoms. The molecule has 0 radical (unpaired) electrons. The first-order valence-electron chi connectivity index (χ1n) is 11.6. The summed E-state index contributed by atoms with van der Waals surface area (Å²) in [7, 11) is 1.72. The van der Waals surface area contributed by atoms with Crippen LogP contribution in [0.5, 0.6) is 5.75 Å². The first kappa shape index (κ1) is 21.3. The van der Waals surface area contributed by atoms with Gasteiger partial charge in [-0.25, -0.2) is 0 Å². The van der Waals surface area contributed by atoms with Gasteiger partial charge in [0.1, 0.15) is 10.8 Å². The van der Waals surface area contributed by atoms with Crippen LogP contribution in [0.4, 0.5) is 5.00 Å². The number of benzene rings is 1. The fraction of sp³-hybridized carbons (Fsp3) is 0.423. The normalized spacial score (nSPS) is 17.5. The molecule has 1 aromatic carbocycles. The maximum atomic E-state index is 12.9. The summed E-state index contributed by atoms with van der Waals surface area (Å²) in [6.45, 7) is 2.14. The number of nitrogens with one attached hydrogen (secondary N) is 1. The summed E-state index contributed by atoms with van der Waals surface area (Å²) in [6, 6.07) is 12.0. The van der Waals surface area contributed by atoms with Crippen LogP contribution in [0.1, 0.15) is 70.3 Å². The number of piperidine rings is 1. The molecule has 0 saturated carbocycles. The summed E-state index contributed by atoms with van der Waals surface area (Å²) < 4.78 is 10.9. The van der Waals surface area contributed by atoms with Crippen LogP contribution in [0.15, 0.2) is 47.1 Å². The number of methoxy groups -OCH3 is 1. The van der Waals surface area contributed by atoms with Crippen molar-refractivity contribution in [1.29, 1.82) is 0 Å². The van der Waals surface area contributed by atoms with Gasteiger partial charge in [-0.15, -0.1) is 11.3 Å². The van der Waals surface area contributed by atoms with Gasteiger partial charge >= 0.3 is 0 Å². The number of ether oxygens (including phenoxy) is 1. The van der Waals surface area contributed by atoms with Crippen molar-refractivity contribution in [3.05, 3.63) is 70.0 Å². The summed E-state index contributed by atoms with van der Waals surface area (Å²) in [4.78, 5) is 17.0. The van der Waals surface area contributed by atoms with Crippen molar-refractivity contribution in [2.24, 2.45) is 0 Å². The third-order valence-electron chi connectivity index (χ3n) is 6.62. The molecule has 1 fully saturated rings. The number of likely N-dealkylation sites (tertiary alicyclic amines) is 1. The molecule has 3 heterocycles. The molecule has 1 saturated heterocycles. The van der Waals surface area contributed by atoms with Crippen molar-refractivity contribution in [3.63, 3.8) is 0 Å². The predicted molar refractivity (Wildman–Crippen MR) is 128 cm³/mol. The van der Waals surface area contributed by atoms with E-state index in [1.165, 1.54) is 53.7 Å². The van der Waals surface area contributed by atoms with Gasteiger partial charge in [-0.1, -0.05) is 18.6 Å². The van der Waals surface area contributed by atoms with E-state index >= 15 is 0 Å². The molecule has 5 rings (SSSR count). The van der Waals surface area contributed by atoms with Crippen molar-refractivity contribution in [2.75, 3.05) is 25.5 Å². The van der Waals surface area contributed by atoms with Gasteiger partial charge in [0.15, 0.2) is 5.76 Å². The number of carbonyl (C=O) groups is 1. The smallest absolute Gasteiger partial charge is 0.291 e. The molecule has 2 aromatic heterocycles. The van der Waals surface area contributed by atoms with Crippen LogP contribution < -0.4 is 10.1 Å². The van der Waals surface area contributed by atoms with Crippen molar-refractivity contribution in [1.82, 2.24) is 4.90 Å². The molecule has 2 aliphatic rings. The lowest BCUT2D eigenvalue weighted by molar-refractivity contribution is 0.0996. The third kappa shape index (κ3) is 4.21. The van der Waals surface area contributed by atoms with E-state index in [-0.39, 0.29) is 11.9 Å². The van der Waals surface area contributed by atoms with Crippen molar-refractivity contribution in [2.45, 2.75) is 51.0 Å². The van der Waals surface area contributed by atoms with Gasteiger partial charge in [-0.05, 0) is 87.0 Å². The number of nitrogens with zero attached hydrogens (tertiary/aromatic N) is 1. The van der Waals surface area contributed by atoms with Gasteiger partial charge in [0.25, 0.3) is 5.91 Å². The minimum atomic E-state index is -0.183. The van der Waals surface area contributed by atoms with E-state index in [0.29, 0.717) is 5.76 Å². The summed E-state index contributed by atoms with van der Waals surface area (Å²) in [5, 5.41) is 4.19. The highest BCUT2D eigenvalue weighted by atomic mass is 32.1. The molecular formula is C26H30N2O3S. The van der Waals surface area contributed by atoms with Crippen LogP contribution in [-0.2, 0) is 12.8 Å². The highest BCUT2D eigenvalue weighted by molar-refractivity contribution is 7.16. The zero-order valence-corrected chi connectivity index (χ0v) is 19.4. The Morgan fingerprint density at radius 1 is 1.09 bits per heavy atom. The number of fused-ring (bicyclic) bond motifs is 1. The zero-order valence-electron chi connectivity index (χ0n) is 18.6. The average molecular weight is 451 g/mol. The van der Waals surface area contributed by atoms with Gasteiger partial charge in [0.2, 0.25) is 0 Å². The third-order valence-corrected chi connectivity index (χ3v) is 7.85. The van der Waals surface area contributed by atoms with Gasteiger partial charge < -0.3 is 14.5 Å². The Morgan fingerprint density at radius 2 is 1.94 bits per heavy atom. The van der Waals surface area contributed by atoms with Crippen molar-refractivity contribution in [3.8, 4) is 5.75 Å². The van der Waals surface area contributed by atoms with Gasteiger partial charge in [-0.2, -0.15) is 0 Å². The Labute approximate surface area is 193 Å². The molecule has 32 heavy (non-hydrogen) atoms. The average Bonchev–Trinajstić information content (AvgIpc) is 3.49. The Bertz CT molecular complexity index is 1070. The fourth-order valence-electron chi connectivity index (χ4n) is 5.09. The molecular weight excluding hydrogens is 420 g/mol. The largest absolute Gasteiger partial charge is 0.497 e. The molecule has 1 N–H and O–H groups in total. The van der Waals surface area contributed by atoms with E-state index in [0.717, 1.165) is 36.7 Å². The lowest BCUT2D eigenvalue weighted by Gasteiger charge is -2.36. The molecule has 1 aliphatic heterocycles. The molecule has 168 valence electrons. The molecule has 3 aromatic rings. The van der Waals surface area contributed by atoms with Crippen LogP contribution >= 0.6 is 11.3 Å². The van der Waals surface area contributed by atoms with Gasteiger partial charge in [0, 0.05) is 10.4 Å². The van der Waals surface area contributed by atoms with E-state index < -0.39 is 0 Å². The van der Waals surface area contributed by atoms with E-state index in [1.807, 2.05) is 6.07 Å². The molecule has 6 heteroatoms. The number of aryl methyl sites for hydroxylation is 1. The van der Waals surface area contributed by atoms with Crippen LogP contribution in [0.2, 0.25) is 0 Å². The topological polar surface area (TPSA) is 54.7 Å². The Kier molecular flexibility index (Phi) is 6.32. The second-order valence-corrected chi connectivity index (χ2v) is 9.77. The number of hydrogen-bond donors (Lipinski definition) is 1. The summed E-state index contributed by atoms with van der Waals surface area (Å²) >= 11 is 1.75. The van der Waals surface area contributed by atoms with Crippen LogP contribution in [-0.4, -0.2) is 31.0 Å². The number of furan rings is 1. The SMILES string of the molecule is COc1cccc([C@H](c2c(NC(=O)c3ccco3)sc3c2CCCC3)N2CCCCC2)c1. The fourth-order valence-corrected chi connectivity index (χ4v) is 6.41. The summed E-state index contributed by atoms with van der Waals surface area (Å²) in [6.07, 6.45) is 9.83. The Hall–Kier alpha value is -2.57. The monoisotopic (exact) mass is 450 g/mol. The molecule has 0 unspecified atom stereocenters. The second-order valence-electron chi connectivity index (χ2n) is 8.66. The minimum absolute atomic E-state index is 0.107.